The second-order valence-corrected chi connectivity index (χ2v) is 7.75. The first-order valence-corrected chi connectivity index (χ1v) is 9.71. The van der Waals surface area contributed by atoms with Gasteiger partial charge >= 0.3 is 0 Å². The molecular formula is C19H21FN4O2S2. The van der Waals surface area contributed by atoms with E-state index in [0.29, 0.717) is 39.5 Å². The average molecular weight is 421 g/mol. The molecule has 148 valence electrons. The lowest BCUT2D eigenvalue weighted by Crippen LogP contribution is -2.22. The van der Waals surface area contributed by atoms with Gasteiger partial charge in [0.2, 0.25) is 5.13 Å². The maximum absolute atomic E-state index is 13.8. The Balaban J connectivity index is 1.68. The van der Waals surface area contributed by atoms with Gasteiger partial charge in [0, 0.05) is 6.54 Å². The topological polar surface area (TPSA) is 51.5 Å². The molecule has 2 aromatic carbocycles. The van der Waals surface area contributed by atoms with E-state index in [-0.39, 0.29) is 5.82 Å². The van der Waals surface area contributed by atoms with Crippen LogP contribution < -0.4 is 14.8 Å². The highest BCUT2D eigenvalue weighted by Gasteiger charge is 2.10. The molecule has 1 N–H and O–H groups in total. The lowest BCUT2D eigenvalue weighted by atomic mass is 10.2. The van der Waals surface area contributed by atoms with Crippen molar-refractivity contribution >= 4 is 34.4 Å². The highest BCUT2D eigenvalue weighted by Crippen LogP contribution is 2.28. The van der Waals surface area contributed by atoms with Crippen molar-refractivity contribution in [3.05, 3.63) is 57.8 Å². The molecule has 28 heavy (non-hydrogen) atoms. The third-order valence-corrected chi connectivity index (χ3v) is 5.22. The van der Waals surface area contributed by atoms with Crippen LogP contribution in [0.5, 0.6) is 11.5 Å². The molecule has 0 amide bonds. The number of aromatic nitrogens is 2. The molecule has 3 aromatic rings. The van der Waals surface area contributed by atoms with E-state index in [9.17, 15) is 4.39 Å². The minimum Gasteiger partial charge on any atom is -0.493 e. The fourth-order valence-corrected chi connectivity index (χ4v) is 3.70. The van der Waals surface area contributed by atoms with Gasteiger partial charge in [0.1, 0.15) is 5.82 Å². The van der Waals surface area contributed by atoms with E-state index in [1.807, 2.05) is 25.2 Å². The van der Waals surface area contributed by atoms with Gasteiger partial charge in [0.15, 0.2) is 15.5 Å². The normalized spacial score (nSPS) is 10.9. The van der Waals surface area contributed by atoms with E-state index in [2.05, 4.69) is 15.3 Å². The van der Waals surface area contributed by atoms with Crippen LogP contribution in [0.3, 0.4) is 0 Å². The smallest absolute Gasteiger partial charge is 0.209 e. The molecule has 0 spiro atoms. The summed E-state index contributed by atoms with van der Waals surface area (Å²) in [5, 5.41) is 7.99. The van der Waals surface area contributed by atoms with Crippen molar-refractivity contribution in [1.29, 1.82) is 0 Å². The first kappa shape index (κ1) is 20.2. The maximum atomic E-state index is 13.8. The van der Waals surface area contributed by atoms with Gasteiger partial charge in [0.25, 0.3) is 0 Å². The van der Waals surface area contributed by atoms with Crippen molar-refractivity contribution in [2.24, 2.45) is 0 Å². The molecule has 0 radical (unpaired) electrons. The molecule has 0 aliphatic heterocycles. The van der Waals surface area contributed by atoms with Crippen LogP contribution in [-0.2, 0) is 13.2 Å². The summed E-state index contributed by atoms with van der Waals surface area (Å²) in [7, 11) is 5.20. The van der Waals surface area contributed by atoms with Crippen molar-refractivity contribution in [3.8, 4) is 11.5 Å². The molecule has 9 heteroatoms. The van der Waals surface area contributed by atoms with E-state index in [1.165, 1.54) is 17.4 Å². The van der Waals surface area contributed by atoms with Crippen LogP contribution in [0.25, 0.3) is 0 Å². The molecular weight excluding hydrogens is 399 g/mol. The van der Waals surface area contributed by atoms with Crippen LogP contribution in [0.1, 0.15) is 5.56 Å². The molecule has 3 rings (SSSR count). The SMILES string of the molecule is COc1ccc(CN(C)Cn2nc(Nc3ccccc3F)sc2=S)cc1OC. The Kier molecular flexibility index (Phi) is 6.61. The van der Waals surface area contributed by atoms with Gasteiger partial charge in [-0.05, 0) is 49.1 Å². The Morgan fingerprint density at radius 2 is 1.93 bits per heavy atom. The summed E-state index contributed by atoms with van der Waals surface area (Å²) >= 11 is 6.70. The Morgan fingerprint density at radius 1 is 1.18 bits per heavy atom. The Morgan fingerprint density at radius 3 is 2.64 bits per heavy atom. The third kappa shape index (κ3) is 4.86. The molecule has 0 aliphatic rings. The fraction of sp³-hybridized carbons (Fsp3) is 0.263. The van der Waals surface area contributed by atoms with Crippen LogP contribution >= 0.6 is 23.6 Å². The number of nitrogens with one attached hydrogen (secondary N) is 1. The number of benzene rings is 2. The summed E-state index contributed by atoms with van der Waals surface area (Å²) < 4.78 is 26.7. The number of nitrogens with zero attached hydrogens (tertiary/aromatic N) is 3. The number of para-hydroxylation sites is 1. The van der Waals surface area contributed by atoms with Gasteiger partial charge in [-0.3, -0.25) is 4.90 Å². The molecule has 0 atom stereocenters. The fourth-order valence-electron chi connectivity index (χ4n) is 2.69. The number of anilines is 2. The predicted octanol–water partition coefficient (Wildman–Crippen LogP) is 4.66. The molecule has 0 saturated heterocycles. The van der Waals surface area contributed by atoms with Crippen LogP contribution in [0, 0.1) is 9.77 Å². The van der Waals surface area contributed by atoms with Crippen molar-refractivity contribution < 1.29 is 13.9 Å². The Labute approximate surface area is 172 Å². The number of hydrogen-bond acceptors (Lipinski definition) is 7. The second kappa shape index (κ2) is 9.13. The van der Waals surface area contributed by atoms with Crippen molar-refractivity contribution in [2.75, 3.05) is 26.6 Å². The number of hydrogen-bond donors (Lipinski definition) is 1. The van der Waals surface area contributed by atoms with Crippen LogP contribution in [-0.4, -0.2) is 35.9 Å². The highest BCUT2D eigenvalue weighted by atomic mass is 32.1. The van der Waals surface area contributed by atoms with Crippen LogP contribution in [0.15, 0.2) is 42.5 Å². The molecule has 0 unspecified atom stereocenters. The lowest BCUT2D eigenvalue weighted by Gasteiger charge is -2.17. The summed E-state index contributed by atoms with van der Waals surface area (Å²) in [4.78, 5) is 2.07. The van der Waals surface area contributed by atoms with Gasteiger partial charge in [-0.25, -0.2) is 9.07 Å². The molecule has 0 bridgehead atoms. The molecule has 0 fully saturated rings. The standard InChI is InChI=1S/C19H21FN4O2S2/c1-23(11-13-8-9-16(25-2)17(10-13)26-3)12-24-19(27)28-18(22-24)21-15-7-5-4-6-14(15)20/h4-10H,11-12H2,1-3H3,(H,21,22). The van der Waals surface area contributed by atoms with Crippen LogP contribution in [0.2, 0.25) is 0 Å². The minimum absolute atomic E-state index is 0.333. The van der Waals surface area contributed by atoms with E-state index in [4.69, 9.17) is 21.7 Å². The summed E-state index contributed by atoms with van der Waals surface area (Å²) in [5.74, 6) is 1.05. The Bertz CT molecular complexity index is 1010. The zero-order valence-corrected chi connectivity index (χ0v) is 17.4. The first-order chi connectivity index (χ1) is 13.5. The van der Waals surface area contributed by atoms with E-state index in [1.54, 1.807) is 37.1 Å². The second-order valence-electron chi connectivity index (χ2n) is 6.12. The molecule has 0 aliphatic carbocycles. The van der Waals surface area contributed by atoms with Gasteiger partial charge < -0.3 is 14.8 Å². The zero-order valence-electron chi connectivity index (χ0n) is 15.8. The van der Waals surface area contributed by atoms with E-state index < -0.39 is 0 Å². The number of halogens is 1. The number of methoxy groups -OCH3 is 2. The quantitative estimate of drug-likeness (QED) is 0.535. The molecule has 1 heterocycles. The van der Waals surface area contributed by atoms with Gasteiger partial charge in [0.05, 0.1) is 26.6 Å². The van der Waals surface area contributed by atoms with E-state index >= 15 is 0 Å². The molecule has 1 aromatic heterocycles. The van der Waals surface area contributed by atoms with Crippen LogP contribution in [0.4, 0.5) is 15.2 Å². The van der Waals surface area contributed by atoms with Gasteiger partial charge in [-0.1, -0.05) is 29.5 Å². The summed E-state index contributed by atoms with van der Waals surface area (Å²) in [6.07, 6.45) is 0. The van der Waals surface area contributed by atoms with Gasteiger partial charge in [-0.15, -0.1) is 5.10 Å². The van der Waals surface area contributed by atoms with Crippen molar-refractivity contribution in [2.45, 2.75) is 13.2 Å². The average Bonchev–Trinajstić information content (AvgIpc) is 3.02. The first-order valence-electron chi connectivity index (χ1n) is 8.49. The van der Waals surface area contributed by atoms with Crippen molar-refractivity contribution in [1.82, 2.24) is 14.7 Å². The maximum Gasteiger partial charge on any atom is 0.209 e. The van der Waals surface area contributed by atoms with Gasteiger partial charge in [-0.2, -0.15) is 0 Å². The number of rotatable bonds is 8. The molecule has 0 saturated carbocycles. The summed E-state index contributed by atoms with van der Waals surface area (Å²) in [5.41, 5.74) is 1.45. The largest absolute Gasteiger partial charge is 0.493 e. The molecule has 6 nitrogen and oxygen atoms in total. The monoisotopic (exact) mass is 420 g/mol. The highest BCUT2D eigenvalue weighted by molar-refractivity contribution is 7.73. The third-order valence-electron chi connectivity index (χ3n) is 4.00. The predicted molar refractivity (Wildman–Crippen MR) is 112 cm³/mol. The summed E-state index contributed by atoms with van der Waals surface area (Å²) in [6.45, 7) is 1.18. The minimum atomic E-state index is -0.333. The summed E-state index contributed by atoms with van der Waals surface area (Å²) in [6, 6.07) is 12.3. The Hall–Kier alpha value is -2.49. The lowest BCUT2D eigenvalue weighted by molar-refractivity contribution is 0.245. The van der Waals surface area contributed by atoms with E-state index in [0.717, 1.165) is 5.56 Å². The number of ether oxygens (including phenoxy) is 2. The zero-order chi connectivity index (χ0) is 20.1. The van der Waals surface area contributed by atoms with Crippen molar-refractivity contribution in [3.63, 3.8) is 0 Å².